The van der Waals surface area contributed by atoms with E-state index in [0.717, 1.165) is 22.6 Å². The van der Waals surface area contributed by atoms with Gasteiger partial charge < -0.3 is 4.90 Å². The maximum Gasteiger partial charge on any atom is 0.0714 e. The number of fused-ring (bicyclic) bond motifs is 6. The molecule has 13 rings (SSSR count). The van der Waals surface area contributed by atoms with E-state index in [1.807, 2.05) is 0 Å². The van der Waals surface area contributed by atoms with Crippen LogP contribution in [0.15, 0.2) is 273 Å². The van der Waals surface area contributed by atoms with E-state index in [0.29, 0.717) is 0 Å². The van der Waals surface area contributed by atoms with Gasteiger partial charge in [-0.2, -0.15) is 0 Å². The third-order valence-electron chi connectivity index (χ3n) is 15.4. The lowest BCUT2D eigenvalue weighted by atomic mass is 9.67. The van der Waals surface area contributed by atoms with Gasteiger partial charge in [0.15, 0.2) is 0 Å². The van der Waals surface area contributed by atoms with E-state index in [1.165, 1.54) is 94.6 Å². The van der Waals surface area contributed by atoms with Crippen LogP contribution in [0.1, 0.15) is 47.2 Å². The van der Waals surface area contributed by atoms with Crippen molar-refractivity contribution in [3.05, 3.63) is 306 Å². The monoisotopic (exact) mass is 905 g/mol. The fourth-order valence-corrected chi connectivity index (χ4v) is 12.0. The molecule has 0 heterocycles. The number of benzene rings is 11. The molecular weight excluding hydrogens is 855 g/mol. The average Bonchev–Trinajstić information content (AvgIpc) is 3.86. The van der Waals surface area contributed by atoms with Gasteiger partial charge in [-0.25, -0.2) is 0 Å². The maximum absolute atomic E-state index is 2.52. The molecule has 0 atom stereocenters. The summed E-state index contributed by atoms with van der Waals surface area (Å²) in [4.78, 5) is 2.52. The molecule has 11 aromatic rings. The number of rotatable bonds is 9. The Morgan fingerprint density at radius 3 is 1.32 bits per heavy atom. The highest BCUT2D eigenvalue weighted by atomic mass is 15.1. The summed E-state index contributed by atoms with van der Waals surface area (Å²) in [5.41, 5.74) is 25.1. The van der Waals surface area contributed by atoms with Crippen molar-refractivity contribution < 1.29 is 0 Å². The first-order valence-electron chi connectivity index (χ1n) is 24.8. The Hall–Kier alpha value is -8.78. The molecule has 0 radical (unpaired) electrons. The molecule has 0 saturated heterocycles. The summed E-state index contributed by atoms with van der Waals surface area (Å²) in [5, 5.41) is 0. The molecule has 0 spiro atoms. The Balaban J connectivity index is 1.02. The molecule has 0 amide bonds. The van der Waals surface area contributed by atoms with Gasteiger partial charge in [0.25, 0.3) is 0 Å². The SMILES string of the molecule is CC1(C)c2cc(-c3ccccc3-c3ccccc3)ccc2-c2ccc(N(c3ccc4c(c3)C(c3ccccc3)(c3ccccc3)c3ccccc3-4)c3ccccc3-c3cccc(-c4ccccc4)c3)cc21. The summed E-state index contributed by atoms with van der Waals surface area (Å²) in [5.74, 6) is 0. The largest absolute Gasteiger partial charge is 0.310 e. The van der Waals surface area contributed by atoms with E-state index < -0.39 is 5.41 Å². The molecule has 1 heteroatoms. The van der Waals surface area contributed by atoms with Crippen LogP contribution in [0.25, 0.3) is 66.8 Å². The molecule has 0 fully saturated rings. The quantitative estimate of drug-likeness (QED) is 0.139. The molecule has 0 unspecified atom stereocenters. The molecule has 0 aromatic heterocycles. The zero-order valence-electron chi connectivity index (χ0n) is 39.9. The summed E-state index contributed by atoms with van der Waals surface area (Å²) in [6.45, 7) is 4.81. The first-order valence-corrected chi connectivity index (χ1v) is 24.8. The Kier molecular flexibility index (Phi) is 10.1. The van der Waals surface area contributed by atoms with Gasteiger partial charge in [-0.05, 0) is 137 Å². The Morgan fingerprint density at radius 2 is 0.676 bits per heavy atom. The predicted octanol–water partition coefficient (Wildman–Crippen LogP) is 18.5. The fourth-order valence-electron chi connectivity index (χ4n) is 12.0. The van der Waals surface area contributed by atoms with Crippen LogP contribution < -0.4 is 4.90 Å². The second-order valence-electron chi connectivity index (χ2n) is 19.6. The third-order valence-corrected chi connectivity index (χ3v) is 15.4. The van der Waals surface area contributed by atoms with Crippen molar-refractivity contribution in [1.82, 2.24) is 0 Å². The number of anilines is 3. The van der Waals surface area contributed by atoms with Crippen molar-refractivity contribution in [2.75, 3.05) is 4.90 Å². The second-order valence-corrected chi connectivity index (χ2v) is 19.6. The van der Waals surface area contributed by atoms with Crippen LogP contribution >= 0.6 is 0 Å². The minimum atomic E-state index is -0.544. The summed E-state index contributed by atoms with van der Waals surface area (Å²) in [7, 11) is 0. The normalized spacial score (nSPS) is 13.4. The van der Waals surface area contributed by atoms with E-state index in [9.17, 15) is 0 Å². The molecule has 0 N–H and O–H groups in total. The van der Waals surface area contributed by atoms with Crippen LogP contribution in [-0.4, -0.2) is 0 Å². The van der Waals surface area contributed by atoms with Crippen LogP contribution in [0.4, 0.5) is 17.1 Å². The van der Waals surface area contributed by atoms with E-state index in [4.69, 9.17) is 0 Å². The van der Waals surface area contributed by atoms with Gasteiger partial charge >= 0.3 is 0 Å². The van der Waals surface area contributed by atoms with Crippen LogP contribution in [-0.2, 0) is 10.8 Å². The number of nitrogens with zero attached hydrogens (tertiary/aromatic N) is 1. The molecule has 336 valence electrons. The number of para-hydroxylation sites is 1. The second kappa shape index (κ2) is 17.0. The van der Waals surface area contributed by atoms with E-state index in [1.54, 1.807) is 0 Å². The topological polar surface area (TPSA) is 3.24 Å². The van der Waals surface area contributed by atoms with Gasteiger partial charge in [0.2, 0.25) is 0 Å². The smallest absolute Gasteiger partial charge is 0.0714 e. The van der Waals surface area contributed by atoms with Crippen LogP contribution in [0.5, 0.6) is 0 Å². The standard InChI is InChI=1S/C70H51N/c1-69(2)65-45-52(58-33-16-15-32-57(58)49-24-9-4-10-25-49)38-41-61(65)62-42-39-55(46-66(62)69)71(68-37-20-18-34-59(68)51-27-21-26-50(44-51)48-22-7-3-8-23-48)56-40-43-63-60-35-17-19-36-64(60)70(67(63)47-56,53-28-11-5-12-29-53)54-30-13-6-14-31-54/h3-47H,1-2H3. The first kappa shape index (κ1) is 42.3. The molecular formula is C70H51N. The van der Waals surface area contributed by atoms with Gasteiger partial charge in [0.05, 0.1) is 11.1 Å². The maximum atomic E-state index is 2.52. The highest BCUT2D eigenvalue weighted by Crippen LogP contribution is 2.58. The zero-order valence-corrected chi connectivity index (χ0v) is 39.9. The highest BCUT2D eigenvalue weighted by molar-refractivity contribution is 5.95. The van der Waals surface area contributed by atoms with Crippen molar-refractivity contribution in [2.24, 2.45) is 0 Å². The molecule has 1 nitrogen and oxygen atoms in total. The minimum Gasteiger partial charge on any atom is -0.310 e. The van der Waals surface area contributed by atoms with E-state index in [-0.39, 0.29) is 5.41 Å². The molecule has 71 heavy (non-hydrogen) atoms. The van der Waals surface area contributed by atoms with Crippen molar-refractivity contribution in [3.63, 3.8) is 0 Å². The highest BCUT2D eigenvalue weighted by Gasteiger charge is 2.46. The van der Waals surface area contributed by atoms with Gasteiger partial charge in [0.1, 0.15) is 0 Å². The van der Waals surface area contributed by atoms with Crippen molar-refractivity contribution in [2.45, 2.75) is 24.7 Å². The average molecular weight is 906 g/mol. The number of hydrogen-bond acceptors (Lipinski definition) is 1. The lowest BCUT2D eigenvalue weighted by molar-refractivity contribution is 0.660. The summed E-state index contributed by atoms with van der Waals surface area (Å²) >= 11 is 0. The number of hydrogen-bond donors (Lipinski definition) is 0. The van der Waals surface area contributed by atoms with E-state index in [2.05, 4.69) is 292 Å². The van der Waals surface area contributed by atoms with Gasteiger partial charge in [0, 0.05) is 22.4 Å². The van der Waals surface area contributed by atoms with Crippen molar-refractivity contribution in [1.29, 1.82) is 0 Å². The zero-order chi connectivity index (χ0) is 47.5. The summed E-state index contributed by atoms with van der Waals surface area (Å²) < 4.78 is 0. The van der Waals surface area contributed by atoms with Crippen molar-refractivity contribution >= 4 is 17.1 Å². The van der Waals surface area contributed by atoms with Crippen LogP contribution in [0.2, 0.25) is 0 Å². The molecule has 2 aliphatic carbocycles. The lowest BCUT2D eigenvalue weighted by Crippen LogP contribution is -2.28. The molecule has 11 aromatic carbocycles. The van der Waals surface area contributed by atoms with Crippen LogP contribution in [0, 0.1) is 0 Å². The van der Waals surface area contributed by atoms with Crippen LogP contribution in [0.3, 0.4) is 0 Å². The molecule has 0 bridgehead atoms. The molecule has 0 saturated carbocycles. The van der Waals surface area contributed by atoms with Gasteiger partial charge in [-0.3, -0.25) is 0 Å². The Bertz CT molecular complexity index is 3740. The van der Waals surface area contributed by atoms with Gasteiger partial charge in [-0.1, -0.05) is 244 Å². The predicted molar refractivity (Wildman–Crippen MR) is 298 cm³/mol. The summed E-state index contributed by atoms with van der Waals surface area (Å²) in [6, 6.07) is 101. The molecule has 0 aliphatic heterocycles. The lowest BCUT2D eigenvalue weighted by Gasteiger charge is -2.35. The molecule has 2 aliphatic rings. The third kappa shape index (κ3) is 6.84. The minimum absolute atomic E-state index is 0.275. The summed E-state index contributed by atoms with van der Waals surface area (Å²) in [6.07, 6.45) is 0. The van der Waals surface area contributed by atoms with E-state index >= 15 is 0 Å². The first-order chi connectivity index (χ1) is 35.0. The Labute approximate surface area is 417 Å². The van der Waals surface area contributed by atoms with Crippen molar-refractivity contribution in [3.8, 4) is 66.8 Å². The fraction of sp³-hybridized carbons (Fsp3) is 0.0571. The van der Waals surface area contributed by atoms with Gasteiger partial charge in [-0.15, -0.1) is 0 Å². The Morgan fingerprint density at radius 1 is 0.254 bits per heavy atom.